The van der Waals surface area contributed by atoms with Crippen LogP contribution in [-0.4, -0.2) is 11.7 Å². The Morgan fingerprint density at radius 1 is 1.24 bits per heavy atom. The molecule has 1 N–H and O–H groups in total. The molecule has 0 aliphatic heterocycles. The van der Waals surface area contributed by atoms with Gasteiger partial charge < -0.3 is 9.84 Å². The zero-order valence-corrected chi connectivity index (χ0v) is 11.8. The SMILES string of the molecule is CCOc1cc(Cl)c(C(O)C(C)CC)cc1Cl. The van der Waals surface area contributed by atoms with E-state index in [0.717, 1.165) is 6.42 Å². The summed E-state index contributed by atoms with van der Waals surface area (Å²) in [4.78, 5) is 0. The van der Waals surface area contributed by atoms with Crippen molar-refractivity contribution in [1.82, 2.24) is 0 Å². The van der Waals surface area contributed by atoms with Crippen LogP contribution >= 0.6 is 23.2 Å². The molecule has 0 aliphatic carbocycles. The number of halogens is 2. The molecule has 0 saturated carbocycles. The molecule has 0 amide bonds. The molecule has 4 heteroatoms. The zero-order chi connectivity index (χ0) is 13.0. The van der Waals surface area contributed by atoms with Gasteiger partial charge in [-0.25, -0.2) is 0 Å². The third kappa shape index (κ3) is 3.51. The highest BCUT2D eigenvalue weighted by Crippen LogP contribution is 2.36. The number of aliphatic hydroxyl groups is 1. The van der Waals surface area contributed by atoms with E-state index in [0.29, 0.717) is 28.0 Å². The molecule has 0 aliphatic rings. The maximum Gasteiger partial charge on any atom is 0.139 e. The maximum absolute atomic E-state index is 10.1. The van der Waals surface area contributed by atoms with E-state index in [-0.39, 0.29) is 5.92 Å². The van der Waals surface area contributed by atoms with Crippen LogP contribution in [0.2, 0.25) is 10.0 Å². The Balaban J connectivity index is 3.06. The lowest BCUT2D eigenvalue weighted by Gasteiger charge is -2.20. The van der Waals surface area contributed by atoms with Crippen LogP contribution < -0.4 is 4.74 Å². The van der Waals surface area contributed by atoms with Gasteiger partial charge >= 0.3 is 0 Å². The average Bonchev–Trinajstić information content (AvgIpc) is 2.31. The number of rotatable bonds is 5. The Morgan fingerprint density at radius 2 is 1.88 bits per heavy atom. The topological polar surface area (TPSA) is 29.5 Å². The molecule has 0 saturated heterocycles. The third-order valence-electron chi connectivity index (χ3n) is 2.85. The number of benzene rings is 1. The van der Waals surface area contributed by atoms with Crippen LogP contribution in [0.4, 0.5) is 0 Å². The van der Waals surface area contributed by atoms with Crippen molar-refractivity contribution in [1.29, 1.82) is 0 Å². The van der Waals surface area contributed by atoms with E-state index >= 15 is 0 Å². The standard InChI is InChI=1S/C13H18Cl2O2/c1-4-8(3)13(16)9-6-11(15)12(17-5-2)7-10(9)14/h6-8,13,16H,4-5H2,1-3H3. The molecule has 0 radical (unpaired) electrons. The summed E-state index contributed by atoms with van der Waals surface area (Å²) in [6, 6.07) is 3.35. The van der Waals surface area contributed by atoms with Crippen molar-refractivity contribution >= 4 is 23.2 Å². The lowest BCUT2D eigenvalue weighted by molar-refractivity contribution is 0.115. The van der Waals surface area contributed by atoms with E-state index in [9.17, 15) is 5.11 Å². The lowest BCUT2D eigenvalue weighted by Crippen LogP contribution is -2.09. The van der Waals surface area contributed by atoms with Crippen molar-refractivity contribution in [3.63, 3.8) is 0 Å². The van der Waals surface area contributed by atoms with Crippen LogP contribution in [-0.2, 0) is 0 Å². The van der Waals surface area contributed by atoms with E-state index in [2.05, 4.69) is 0 Å². The molecule has 1 aromatic rings. The first-order chi connectivity index (χ1) is 8.01. The average molecular weight is 277 g/mol. The van der Waals surface area contributed by atoms with Gasteiger partial charge in [0.25, 0.3) is 0 Å². The van der Waals surface area contributed by atoms with E-state index in [1.807, 2.05) is 20.8 Å². The monoisotopic (exact) mass is 276 g/mol. The molecule has 2 nitrogen and oxygen atoms in total. The molecule has 96 valence electrons. The third-order valence-corrected chi connectivity index (χ3v) is 3.48. The minimum absolute atomic E-state index is 0.140. The Kier molecular flexibility index (Phi) is 5.57. The fourth-order valence-electron chi connectivity index (χ4n) is 1.57. The summed E-state index contributed by atoms with van der Waals surface area (Å²) in [5, 5.41) is 11.1. The van der Waals surface area contributed by atoms with Gasteiger partial charge in [-0.1, -0.05) is 43.5 Å². The molecule has 2 atom stereocenters. The van der Waals surface area contributed by atoms with Crippen LogP contribution in [0, 0.1) is 5.92 Å². The lowest BCUT2D eigenvalue weighted by atomic mass is 9.95. The molecule has 2 unspecified atom stereocenters. The largest absolute Gasteiger partial charge is 0.492 e. The Bertz CT molecular complexity index is 380. The first-order valence-electron chi connectivity index (χ1n) is 5.81. The highest BCUT2D eigenvalue weighted by atomic mass is 35.5. The van der Waals surface area contributed by atoms with E-state index < -0.39 is 6.10 Å². The van der Waals surface area contributed by atoms with Crippen molar-refractivity contribution in [3.05, 3.63) is 27.7 Å². The van der Waals surface area contributed by atoms with Gasteiger partial charge in [-0.15, -0.1) is 0 Å². The predicted octanol–water partition coefficient (Wildman–Crippen LogP) is 4.47. The first-order valence-corrected chi connectivity index (χ1v) is 6.56. The van der Waals surface area contributed by atoms with Gasteiger partial charge in [0, 0.05) is 11.6 Å². The van der Waals surface area contributed by atoms with Crippen molar-refractivity contribution in [3.8, 4) is 5.75 Å². The molecule has 1 aromatic carbocycles. The Morgan fingerprint density at radius 3 is 2.41 bits per heavy atom. The summed E-state index contributed by atoms with van der Waals surface area (Å²) in [5.41, 5.74) is 0.662. The van der Waals surface area contributed by atoms with Gasteiger partial charge in [0.05, 0.1) is 22.8 Å². The van der Waals surface area contributed by atoms with Crippen LogP contribution in [0.15, 0.2) is 12.1 Å². The second kappa shape index (κ2) is 6.48. The number of hydrogen-bond acceptors (Lipinski definition) is 2. The second-order valence-corrected chi connectivity index (χ2v) is 4.88. The van der Waals surface area contributed by atoms with Crippen LogP contribution in [0.1, 0.15) is 38.9 Å². The summed E-state index contributed by atoms with van der Waals surface area (Å²) in [6.45, 7) is 6.42. The molecular weight excluding hydrogens is 259 g/mol. The first kappa shape index (κ1) is 14.6. The molecule has 17 heavy (non-hydrogen) atoms. The molecule has 0 spiro atoms. The summed E-state index contributed by atoms with van der Waals surface area (Å²) in [5.74, 6) is 0.695. The minimum atomic E-state index is -0.597. The molecule has 0 aromatic heterocycles. The van der Waals surface area contributed by atoms with Crippen molar-refractivity contribution < 1.29 is 9.84 Å². The highest BCUT2D eigenvalue weighted by molar-refractivity contribution is 6.34. The smallest absolute Gasteiger partial charge is 0.139 e. The van der Waals surface area contributed by atoms with Gasteiger partial charge in [-0.2, -0.15) is 0 Å². The molecule has 0 bridgehead atoms. The summed E-state index contributed by atoms with van der Waals surface area (Å²) >= 11 is 12.2. The van der Waals surface area contributed by atoms with Gasteiger partial charge in [0.15, 0.2) is 0 Å². The quantitative estimate of drug-likeness (QED) is 0.860. The number of hydrogen-bond donors (Lipinski definition) is 1. The van der Waals surface area contributed by atoms with E-state index in [1.165, 1.54) is 0 Å². The minimum Gasteiger partial charge on any atom is -0.492 e. The molecule has 0 heterocycles. The van der Waals surface area contributed by atoms with Crippen molar-refractivity contribution in [2.24, 2.45) is 5.92 Å². The Labute approximate surface area is 113 Å². The zero-order valence-electron chi connectivity index (χ0n) is 10.3. The van der Waals surface area contributed by atoms with Gasteiger partial charge in [-0.3, -0.25) is 0 Å². The normalized spacial score (nSPS) is 14.5. The second-order valence-electron chi connectivity index (χ2n) is 4.07. The van der Waals surface area contributed by atoms with Gasteiger partial charge in [0.2, 0.25) is 0 Å². The van der Waals surface area contributed by atoms with E-state index in [4.69, 9.17) is 27.9 Å². The number of aliphatic hydroxyl groups excluding tert-OH is 1. The van der Waals surface area contributed by atoms with E-state index in [1.54, 1.807) is 12.1 Å². The van der Waals surface area contributed by atoms with Gasteiger partial charge in [-0.05, 0) is 18.9 Å². The Hall–Kier alpha value is -0.440. The maximum atomic E-state index is 10.1. The van der Waals surface area contributed by atoms with Crippen LogP contribution in [0.3, 0.4) is 0 Å². The van der Waals surface area contributed by atoms with Crippen LogP contribution in [0.25, 0.3) is 0 Å². The summed E-state index contributed by atoms with van der Waals surface area (Å²) < 4.78 is 5.34. The highest BCUT2D eigenvalue weighted by Gasteiger charge is 2.19. The van der Waals surface area contributed by atoms with Crippen molar-refractivity contribution in [2.45, 2.75) is 33.3 Å². The predicted molar refractivity (Wildman–Crippen MR) is 72.0 cm³/mol. The fourth-order valence-corrected chi connectivity index (χ4v) is 2.06. The van der Waals surface area contributed by atoms with Crippen LogP contribution in [0.5, 0.6) is 5.75 Å². The van der Waals surface area contributed by atoms with Crippen molar-refractivity contribution in [2.75, 3.05) is 6.61 Å². The number of ether oxygens (including phenoxy) is 1. The molecule has 1 rings (SSSR count). The fraction of sp³-hybridized carbons (Fsp3) is 0.538. The summed E-state index contributed by atoms with van der Waals surface area (Å²) in [7, 11) is 0. The molecule has 0 fully saturated rings. The molecular formula is C13H18Cl2O2. The summed E-state index contributed by atoms with van der Waals surface area (Å²) in [6.07, 6.45) is 0.281. The van der Waals surface area contributed by atoms with Gasteiger partial charge in [0.1, 0.15) is 5.75 Å².